The fraction of sp³-hybridized carbons (Fsp3) is 0.526. The van der Waals surface area contributed by atoms with Crippen molar-refractivity contribution in [3.05, 3.63) is 23.8 Å². The van der Waals surface area contributed by atoms with Gasteiger partial charge in [0.2, 0.25) is 11.7 Å². The van der Waals surface area contributed by atoms with Crippen LogP contribution in [-0.2, 0) is 21.4 Å². The largest absolute Gasteiger partial charge is 0.475 e. The second kappa shape index (κ2) is 9.49. The topological polar surface area (TPSA) is 155 Å². The Kier molecular flexibility index (Phi) is 7.26. The van der Waals surface area contributed by atoms with Gasteiger partial charge in [-0.3, -0.25) is 9.59 Å². The maximum absolute atomic E-state index is 12.5. The van der Waals surface area contributed by atoms with E-state index in [1.807, 2.05) is 0 Å². The van der Waals surface area contributed by atoms with Gasteiger partial charge in [0, 0.05) is 39.8 Å². The lowest BCUT2D eigenvalue weighted by Gasteiger charge is -2.19. The lowest BCUT2D eigenvalue weighted by atomic mass is 10.2. The van der Waals surface area contributed by atoms with Gasteiger partial charge >= 0.3 is 12.1 Å². The van der Waals surface area contributed by atoms with E-state index in [4.69, 9.17) is 9.84 Å². The molecule has 1 aliphatic rings. The van der Waals surface area contributed by atoms with E-state index in [2.05, 4.69) is 20.9 Å². The Morgan fingerprint density at radius 3 is 2.52 bits per heavy atom. The molecule has 0 bridgehead atoms. The van der Waals surface area contributed by atoms with Crippen molar-refractivity contribution < 1.29 is 29.0 Å². The molecule has 12 heteroatoms. The quantitative estimate of drug-likeness (QED) is 0.475. The number of aryl methyl sites for hydroxylation is 1. The summed E-state index contributed by atoms with van der Waals surface area (Å²) < 4.78 is 6.39. The van der Waals surface area contributed by atoms with Gasteiger partial charge in [0.05, 0.1) is 6.04 Å². The molecule has 0 fully saturated rings. The van der Waals surface area contributed by atoms with Gasteiger partial charge in [-0.2, -0.15) is 0 Å². The second-order valence-corrected chi connectivity index (χ2v) is 8.11. The summed E-state index contributed by atoms with van der Waals surface area (Å²) >= 11 is 0. The first-order valence-corrected chi connectivity index (χ1v) is 9.63. The van der Waals surface area contributed by atoms with Crippen LogP contribution in [0.25, 0.3) is 0 Å². The predicted octanol–water partition coefficient (Wildman–Crippen LogP) is 0.286. The minimum absolute atomic E-state index is 0.0563. The van der Waals surface area contributed by atoms with E-state index in [9.17, 15) is 19.2 Å². The van der Waals surface area contributed by atoms with Crippen LogP contribution in [0.1, 0.15) is 37.8 Å². The summed E-state index contributed by atoms with van der Waals surface area (Å²) in [5.41, 5.74) is -0.299. The number of hydrogen-bond donors (Lipinski definition) is 4. The molecule has 2 heterocycles. The van der Waals surface area contributed by atoms with E-state index in [1.54, 1.807) is 38.8 Å². The summed E-state index contributed by atoms with van der Waals surface area (Å²) in [6, 6.07) is -0.391. The lowest BCUT2D eigenvalue weighted by molar-refractivity contribution is -0.121. The minimum atomic E-state index is -1.20. The van der Waals surface area contributed by atoms with Crippen LogP contribution in [0, 0.1) is 0 Å². The molecule has 1 aromatic heterocycles. The zero-order chi connectivity index (χ0) is 23.3. The van der Waals surface area contributed by atoms with Crippen LogP contribution in [0.2, 0.25) is 0 Å². The molecule has 0 radical (unpaired) electrons. The van der Waals surface area contributed by atoms with E-state index < -0.39 is 29.6 Å². The maximum atomic E-state index is 12.5. The van der Waals surface area contributed by atoms with Gasteiger partial charge in [-0.05, 0) is 26.8 Å². The van der Waals surface area contributed by atoms with Crippen molar-refractivity contribution in [3.8, 4) is 0 Å². The number of aromatic nitrogens is 2. The molecule has 170 valence electrons. The molecule has 31 heavy (non-hydrogen) atoms. The summed E-state index contributed by atoms with van der Waals surface area (Å²) in [7, 11) is 3.21. The highest BCUT2D eigenvalue weighted by Crippen LogP contribution is 2.16. The van der Waals surface area contributed by atoms with Crippen molar-refractivity contribution in [1.82, 2.24) is 25.1 Å². The van der Waals surface area contributed by atoms with E-state index in [0.717, 1.165) is 0 Å². The molecule has 12 nitrogen and oxygen atoms in total. The fourth-order valence-electron chi connectivity index (χ4n) is 2.88. The van der Waals surface area contributed by atoms with E-state index in [1.165, 1.54) is 17.8 Å². The molecule has 4 N–H and O–H groups in total. The summed E-state index contributed by atoms with van der Waals surface area (Å²) in [5.74, 6) is -2.05. The number of rotatable bonds is 7. The number of aromatic carboxylic acids is 1. The maximum Gasteiger partial charge on any atom is 0.407 e. The van der Waals surface area contributed by atoms with Crippen molar-refractivity contribution in [2.45, 2.75) is 38.8 Å². The number of carbonyl (C=O) groups is 4. The number of carboxylic acids is 1. The third-order valence-electron chi connectivity index (χ3n) is 4.15. The molecule has 1 aromatic rings. The molecule has 1 aliphatic heterocycles. The molecule has 1 unspecified atom stereocenters. The number of amides is 3. The van der Waals surface area contributed by atoms with Crippen LogP contribution >= 0.6 is 0 Å². The average molecular weight is 436 g/mol. The molecule has 0 aromatic carbocycles. The van der Waals surface area contributed by atoms with Gasteiger partial charge in [0.25, 0.3) is 5.91 Å². The fourth-order valence-corrected chi connectivity index (χ4v) is 2.88. The van der Waals surface area contributed by atoms with E-state index in [-0.39, 0.29) is 30.5 Å². The summed E-state index contributed by atoms with van der Waals surface area (Å²) in [5, 5.41) is 16.9. The Balaban J connectivity index is 1.85. The Morgan fingerprint density at radius 1 is 1.26 bits per heavy atom. The van der Waals surface area contributed by atoms with Crippen LogP contribution in [0.5, 0.6) is 0 Å². The first-order valence-electron chi connectivity index (χ1n) is 9.63. The number of anilines is 1. The van der Waals surface area contributed by atoms with Gasteiger partial charge in [0.1, 0.15) is 11.3 Å². The smallest absolute Gasteiger partial charge is 0.407 e. The van der Waals surface area contributed by atoms with Crippen molar-refractivity contribution >= 4 is 29.7 Å². The van der Waals surface area contributed by atoms with Gasteiger partial charge < -0.3 is 35.3 Å². The van der Waals surface area contributed by atoms with Crippen LogP contribution in [0.3, 0.4) is 0 Å². The van der Waals surface area contributed by atoms with Crippen LogP contribution in [0.4, 0.5) is 10.6 Å². The standard InChI is InChI=1S/C19H28N6O6/c1-19(2,3)31-18(30)20-7-6-14(26)21-11-8-12(24(4)9-11)16(27)23-13-10-25(5)15(22-13)17(28)29/h8,10-11H,6-7,9H2,1-5H3,(H,20,30)(H,21,26)(H,23,27)(H,28,29). The summed E-state index contributed by atoms with van der Waals surface area (Å²) in [6.45, 7) is 5.74. The Bertz CT molecular complexity index is 900. The minimum Gasteiger partial charge on any atom is -0.475 e. The van der Waals surface area contributed by atoms with E-state index >= 15 is 0 Å². The number of alkyl carbamates (subject to hydrolysis) is 1. The molecule has 0 saturated heterocycles. The molecule has 0 saturated carbocycles. The third kappa shape index (κ3) is 7.01. The lowest BCUT2D eigenvalue weighted by Crippen LogP contribution is -2.39. The van der Waals surface area contributed by atoms with Crippen LogP contribution < -0.4 is 16.0 Å². The zero-order valence-corrected chi connectivity index (χ0v) is 18.2. The van der Waals surface area contributed by atoms with E-state index in [0.29, 0.717) is 12.2 Å². The Labute approximate surface area is 179 Å². The second-order valence-electron chi connectivity index (χ2n) is 8.11. The normalized spacial score (nSPS) is 15.8. The zero-order valence-electron chi connectivity index (χ0n) is 18.2. The van der Waals surface area contributed by atoms with Gasteiger partial charge in [-0.1, -0.05) is 0 Å². The highest BCUT2D eigenvalue weighted by Gasteiger charge is 2.27. The predicted molar refractivity (Wildman–Crippen MR) is 110 cm³/mol. The number of imidazole rings is 1. The number of carboxylic acid groups (broad SMARTS) is 1. The van der Waals surface area contributed by atoms with Gasteiger partial charge in [-0.15, -0.1) is 0 Å². The van der Waals surface area contributed by atoms with Crippen molar-refractivity contribution in [2.75, 3.05) is 25.5 Å². The number of ether oxygens (including phenoxy) is 1. The summed E-state index contributed by atoms with van der Waals surface area (Å²) in [4.78, 5) is 52.8. The Hall–Kier alpha value is -3.57. The van der Waals surface area contributed by atoms with Crippen molar-refractivity contribution in [1.29, 1.82) is 0 Å². The molecule has 2 rings (SSSR count). The molecule has 1 atom stereocenters. The van der Waals surface area contributed by atoms with Crippen molar-refractivity contribution in [3.63, 3.8) is 0 Å². The van der Waals surface area contributed by atoms with Crippen molar-refractivity contribution in [2.24, 2.45) is 7.05 Å². The monoisotopic (exact) mass is 436 g/mol. The first-order chi connectivity index (χ1) is 14.4. The van der Waals surface area contributed by atoms with Gasteiger partial charge in [0.15, 0.2) is 5.82 Å². The summed E-state index contributed by atoms with van der Waals surface area (Å²) in [6.07, 6.45) is 2.46. The number of carbonyl (C=O) groups excluding carboxylic acids is 3. The SMILES string of the molecule is CN1CC(NC(=O)CCNC(=O)OC(C)(C)C)C=C1C(=O)Nc1cn(C)c(C(=O)O)n1. The number of hydrogen-bond acceptors (Lipinski definition) is 7. The average Bonchev–Trinajstić information content (AvgIpc) is 3.15. The van der Waals surface area contributed by atoms with Gasteiger partial charge in [-0.25, -0.2) is 14.6 Å². The Morgan fingerprint density at radius 2 is 1.94 bits per heavy atom. The number of nitrogens with zero attached hydrogens (tertiary/aromatic N) is 3. The number of nitrogens with one attached hydrogen (secondary N) is 3. The highest BCUT2D eigenvalue weighted by atomic mass is 16.6. The molecule has 0 spiro atoms. The first kappa shape index (κ1) is 23.7. The molecular formula is C19H28N6O6. The number of likely N-dealkylation sites (N-methyl/N-ethyl adjacent to an activating group) is 1. The van der Waals surface area contributed by atoms with Crippen LogP contribution in [-0.4, -0.2) is 75.2 Å². The third-order valence-corrected chi connectivity index (χ3v) is 4.15. The van der Waals surface area contributed by atoms with Crippen LogP contribution in [0.15, 0.2) is 18.0 Å². The highest BCUT2D eigenvalue weighted by molar-refractivity contribution is 6.03. The molecular weight excluding hydrogens is 408 g/mol. The molecule has 3 amide bonds. The molecule has 0 aliphatic carbocycles.